The van der Waals surface area contributed by atoms with Crippen LogP contribution in [-0.4, -0.2) is 57.2 Å². The fourth-order valence-corrected chi connectivity index (χ4v) is 3.47. The number of nitrogens with one attached hydrogen (secondary N) is 1. The molecule has 0 radical (unpaired) electrons. The largest absolute Gasteiger partial charge is 0.497 e. The number of hydrogen-bond donors (Lipinski definition) is 1. The highest BCUT2D eigenvalue weighted by Gasteiger charge is 2.31. The summed E-state index contributed by atoms with van der Waals surface area (Å²) < 4.78 is 50.0. The number of anilines is 2. The Balaban J connectivity index is 1.58. The molecule has 1 saturated heterocycles. The Morgan fingerprint density at radius 3 is 2.34 bits per heavy atom. The first kappa shape index (κ1) is 23.6. The van der Waals surface area contributed by atoms with Gasteiger partial charge < -0.3 is 24.6 Å². The molecule has 0 aliphatic carbocycles. The van der Waals surface area contributed by atoms with Gasteiger partial charge in [0.05, 0.1) is 31.5 Å². The van der Waals surface area contributed by atoms with Gasteiger partial charge in [0.2, 0.25) is 5.91 Å². The molecule has 2 aromatic carbocycles. The second kappa shape index (κ2) is 10.5. The summed E-state index contributed by atoms with van der Waals surface area (Å²) in [6.45, 7) is 4.60. The van der Waals surface area contributed by atoms with Crippen LogP contribution in [0.5, 0.6) is 11.5 Å². The fraction of sp³-hybridized carbons (Fsp3) is 0.435. The van der Waals surface area contributed by atoms with E-state index in [1.807, 2.05) is 31.2 Å². The van der Waals surface area contributed by atoms with Crippen LogP contribution in [0.15, 0.2) is 42.5 Å². The molecule has 0 spiro atoms. The number of nitrogens with zero attached hydrogens (tertiary/aromatic N) is 2. The van der Waals surface area contributed by atoms with Gasteiger partial charge in [0.25, 0.3) is 0 Å². The van der Waals surface area contributed by atoms with Crippen molar-refractivity contribution in [3.05, 3.63) is 48.0 Å². The van der Waals surface area contributed by atoms with Crippen molar-refractivity contribution < 1.29 is 27.4 Å². The summed E-state index contributed by atoms with van der Waals surface area (Å²) in [6.07, 6.45) is -3.75. The molecule has 1 heterocycles. The lowest BCUT2D eigenvalue weighted by Crippen LogP contribution is -2.50. The summed E-state index contributed by atoms with van der Waals surface area (Å²) in [5, 5.41) is 2.84. The third-order valence-electron chi connectivity index (χ3n) is 5.27. The highest BCUT2D eigenvalue weighted by molar-refractivity contribution is 5.82. The molecular weight excluding hydrogens is 423 g/mol. The van der Waals surface area contributed by atoms with E-state index in [1.165, 1.54) is 6.07 Å². The number of benzene rings is 2. The van der Waals surface area contributed by atoms with E-state index in [0.29, 0.717) is 38.5 Å². The van der Waals surface area contributed by atoms with Crippen LogP contribution in [-0.2, 0) is 11.0 Å². The standard InChI is InChI=1S/C23H28F3N3O3/c1-3-14-32-21-9-4-17(23(24,25)26)15-20(21)27-16-22(30)29-12-10-28(11-13-29)18-5-7-19(31-2)8-6-18/h4-9,15,27H,3,10-14,16H2,1-2H3. The van der Waals surface area contributed by atoms with Crippen molar-refractivity contribution in [3.8, 4) is 11.5 Å². The summed E-state index contributed by atoms with van der Waals surface area (Å²) in [5.41, 5.74) is 0.431. The van der Waals surface area contributed by atoms with Gasteiger partial charge in [0.1, 0.15) is 11.5 Å². The molecule has 1 aliphatic rings. The maximum atomic E-state index is 13.1. The van der Waals surface area contributed by atoms with Gasteiger partial charge in [-0.15, -0.1) is 0 Å². The third kappa shape index (κ3) is 5.99. The first-order chi connectivity index (χ1) is 15.3. The van der Waals surface area contributed by atoms with Gasteiger partial charge in [-0.3, -0.25) is 4.79 Å². The van der Waals surface area contributed by atoms with Crippen LogP contribution < -0.4 is 19.7 Å². The van der Waals surface area contributed by atoms with Crippen LogP contribution in [0.1, 0.15) is 18.9 Å². The van der Waals surface area contributed by atoms with Crippen molar-refractivity contribution in [2.45, 2.75) is 19.5 Å². The molecule has 6 nitrogen and oxygen atoms in total. The average Bonchev–Trinajstić information content (AvgIpc) is 2.81. The minimum absolute atomic E-state index is 0.105. The lowest BCUT2D eigenvalue weighted by atomic mass is 10.1. The van der Waals surface area contributed by atoms with Crippen LogP contribution in [0.2, 0.25) is 0 Å². The van der Waals surface area contributed by atoms with Gasteiger partial charge >= 0.3 is 6.18 Å². The van der Waals surface area contributed by atoms with E-state index in [4.69, 9.17) is 9.47 Å². The molecule has 0 unspecified atom stereocenters. The van der Waals surface area contributed by atoms with Gasteiger partial charge in [0, 0.05) is 31.9 Å². The molecule has 1 N–H and O–H groups in total. The van der Waals surface area contributed by atoms with E-state index in [9.17, 15) is 18.0 Å². The van der Waals surface area contributed by atoms with E-state index in [2.05, 4.69) is 10.2 Å². The summed E-state index contributed by atoms with van der Waals surface area (Å²) >= 11 is 0. The zero-order chi connectivity index (χ0) is 23.1. The number of carbonyl (C=O) groups excluding carboxylic acids is 1. The number of alkyl halides is 3. The van der Waals surface area contributed by atoms with Crippen LogP contribution in [0.3, 0.4) is 0 Å². The maximum absolute atomic E-state index is 13.1. The number of methoxy groups -OCH3 is 1. The van der Waals surface area contributed by atoms with E-state index in [1.54, 1.807) is 12.0 Å². The van der Waals surface area contributed by atoms with Crippen molar-refractivity contribution in [1.82, 2.24) is 4.90 Å². The van der Waals surface area contributed by atoms with Crippen molar-refractivity contribution >= 4 is 17.3 Å². The van der Waals surface area contributed by atoms with Crippen LogP contribution >= 0.6 is 0 Å². The molecule has 0 saturated carbocycles. The predicted octanol–water partition coefficient (Wildman–Crippen LogP) is 4.26. The Labute approximate surface area is 185 Å². The van der Waals surface area contributed by atoms with E-state index < -0.39 is 11.7 Å². The van der Waals surface area contributed by atoms with Crippen molar-refractivity contribution in [3.63, 3.8) is 0 Å². The zero-order valence-corrected chi connectivity index (χ0v) is 18.2. The van der Waals surface area contributed by atoms with Crippen LogP contribution in [0.25, 0.3) is 0 Å². The highest BCUT2D eigenvalue weighted by Crippen LogP contribution is 2.35. The summed E-state index contributed by atoms with van der Waals surface area (Å²) in [5.74, 6) is 0.917. The molecule has 1 fully saturated rings. The second-order valence-electron chi connectivity index (χ2n) is 7.48. The Morgan fingerprint density at radius 1 is 1.06 bits per heavy atom. The molecule has 0 bridgehead atoms. The number of halogens is 3. The monoisotopic (exact) mass is 451 g/mol. The minimum atomic E-state index is -4.47. The number of carbonyl (C=O) groups is 1. The second-order valence-corrected chi connectivity index (χ2v) is 7.48. The van der Waals surface area contributed by atoms with Gasteiger partial charge in [-0.25, -0.2) is 0 Å². The Kier molecular flexibility index (Phi) is 7.71. The normalized spacial score (nSPS) is 14.3. The molecule has 3 rings (SSSR count). The number of ether oxygens (including phenoxy) is 2. The molecule has 9 heteroatoms. The Morgan fingerprint density at radius 2 is 1.75 bits per heavy atom. The minimum Gasteiger partial charge on any atom is -0.497 e. The molecule has 2 aromatic rings. The van der Waals surface area contributed by atoms with Gasteiger partial charge in [-0.2, -0.15) is 13.2 Å². The first-order valence-corrected chi connectivity index (χ1v) is 10.6. The molecule has 1 aliphatic heterocycles. The van der Waals surface area contributed by atoms with Crippen molar-refractivity contribution in [1.29, 1.82) is 0 Å². The lowest BCUT2D eigenvalue weighted by Gasteiger charge is -2.36. The summed E-state index contributed by atoms with van der Waals surface area (Å²) in [4.78, 5) is 16.6. The maximum Gasteiger partial charge on any atom is 0.416 e. The van der Waals surface area contributed by atoms with Crippen LogP contribution in [0.4, 0.5) is 24.5 Å². The third-order valence-corrected chi connectivity index (χ3v) is 5.27. The highest BCUT2D eigenvalue weighted by atomic mass is 19.4. The van der Waals surface area contributed by atoms with Gasteiger partial charge in [-0.1, -0.05) is 6.92 Å². The Bertz CT molecular complexity index is 896. The van der Waals surface area contributed by atoms with Gasteiger partial charge in [-0.05, 0) is 48.9 Å². The smallest absolute Gasteiger partial charge is 0.416 e. The average molecular weight is 451 g/mol. The van der Waals surface area contributed by atoms with E-state index >= 15 is 0 Å². The van der Waals surface area contributed by atoms with E-state index in [0.717, 1.165) is 30.0 Å². The lowest BCUT2D eigenvalue weighted by molar-refractivity contribution is -0.137. The summed E-state index contributed by atoms with van der Waals surface area (Å²) in [7, 11) is 1.62. The predicted molar refractivity (Wildman–Crippen MR) is 118 cm³/mol. The number of rotatable bonds is 8. The van der Waals surface area contributed by atoms with Gasteiger partial charge in [0.15, 0.2) is 0 Å². The van der Waals surface area contributed by atoms with Crippen LogP contribution in [0, 0.1) is 0 Å². The topological polar surface area (TPSA) is 54.0 Å². The molecule has 0 aromatic heterocycles. The molecule has 0 atom stereocenters. The zero-order valence-electron chi connectivity index (χ0n) is 18.2. The first-order valence-electron chi connectivity index (χ1n) is 10.6. The van der Waals surface area contributed by atoms with E-state index in [-0.39, 0.29) is 18.1 Å². The molecule has 1 amide bonds. The quantitative estimate of drug-likeness (QED) is 0.650. The number of piperazine rings is 1. The Hall–Kier alpha value is -3.10. The fourth-order valence-electron chi connectivity index (χ4n) is 3.47. The summed E-state index contributed by atoms with van der Waals surface area (Å²) in [6, 6.07) is 11.0. The SMILES string of the molecule is CCCOc1ccc(C(F)(F)F)cc1NCC(=O)N1CCN(c2ccc(OC)cc2)CC1. The molecule has 174 valence electrons. The molecule has 32 heavy (non-hydrogen) atoms. The number of hydrogen-bond acceptors (Lipinski definition) is 5. The number of amides is 1. The van der Waals surface area contributed by atoms with Crippen molar-refractivity contribution in [2.24, 2.45) is 0 Å². The molecular formula is C23H28F3N3O3. The van der Waals surface area contributed by atoms with Crippen molar-refractivity contribution in [2.75, 3.05) is 56.7 Å².